The third-order valence-electron chi connectivity index (χ3n) is 4.79. The topological polar surface area (TPSA) is 24.1 Å². The number of rotatable bonds is 5. The summed E-state index contributed by atoms with van der Waals surface area (Å²) in [5, 5.41) is 7.09. The van der Waals surface area contributed by atoms with Crippen LogP contribution >= 0.6 is 0 Å². The van der Waals surface area contributed by atoms with Gasteiger partial charge in [-0.25, -0.2) is 0 Å². The molecule has 0 aromatic rings. The molecule has 0 bridgehead atoms. The second-order valence-corrected chi connectivity index (χ2v) is 7.29. The summed E-state index contributed by atoms with van der Waals surface area (Å²) in [5.41, 5.74) is 0.732. The van der Waals surface area contributed by atoms with Crippen LogP contribution in [0.2, 0.25) is 0 Å². The first-order chi connectivity index (χ1) is 7.83. The highest BCUT2D eigenvalue weighted by Crippen LogP contribution is 2.36. The van der Waals surface area contributed by atoms with Gasteiger partial charge in [-0.05, 0) is 55.6 Å². The molecule has 1 fully saturated rings. The van der Waals surface area contributed by atoms with Gasteiger partial charge in [0.1, 0.15) is 0 Å². The maximum atomic E-state index is 3.66. The lowest BCUT2D eigenvalue weighted by molar-refractivity contribution is 0.128. The molecule has 2 heteroatoms. The molecule has 1 aliphatic heterocycles. The summed E-state index contributed by atoms with van der Waals surface area (Å²) in [7, 11) is 0. The molecular formula is C15H32N2. The summed E-state index contributed by atoms with van der Waals surface area (Å²) >= 11 is 0. The van der Waals surface area contributed by atoms with Gasteiger partial charge in [0.05, 0.1) is 0 Å². The highest BCUT2D eigenvalue weighted by Gasteiger charge is 2.32. The number of piperidine rings is 1. The van der Waals surface area contributed by atoms with Gasteiger partial charge in [-0.15, -0.1) is 0 Å². The fraction of sp³-hybridized carbons (Fsp3) is 1.00. The highest BCUT2D eigenvalue weighted by molar-refractivity contribution is 4.84. The predicted octanol–water partition coefficient (Wildman–Crippen LogP) is 3.04. The largest absolute Gasteiger partial charge is 0.317 e. The Morgan fingerprint density at radius 1 is 1.06 bits per heavy atom. The van der Waals surface area contributed by atoms with Crippen LogP contribution < -0.4 is 10.6 Å². The third kappa shape index (κ3) is 4.97. The summed E-state index contributed by atoms with van der Waals surface area (Å²) in [5.74, 6) is 0.946. The summed E-state index contributed by atoms with van der Waals surface area (Å²) in [6, 6.07) is 0. The average Bonchev–Trinajstić information content (AvgIpc) is 2.24. The molecule has 2 nitrogen and oxygen atoms in total. The summed E-state index contributed by atoms with van der Waals surface area (Å²) in [6.45, 7) is 16.5. The van der Waals surface area contributed by atoms with Crippen LogP contribution in [0.1, 0.15) is 53.9 Å². The van der Waals surface area contributed by atoms with Gasteiger partial charge in [0.15, 0.2) is 0 Å². The predicted molar refractivity (Wildman–Crippen MR) is 76.3 cm³/mol. The lowest BCUT2D eigenvalue weighted by Gasteiger charge is -2.39. The zero-order valence-electron chi connectivity index (χ0n) is 12.5. The Labute approximate surface area is 108 Å². The van der Waals surface area contributed by atoms with E-state index in [2.05, 4.69) is 45.3 Å². The standard InChI is InChI=1S/C15H32N2/c1-14(2,3)15(4,5)12-17-11-8-13-6-9-16-10-7-13/h13,16-17H,6-12H2,1-5H3. The van der Waals surface area contributed by atoms with E-state index in [1.165, 1.54) is 38.9 Å². The van der Waals surface area contributed by atoms with Gasteiger partial charge in [0, 0.05) is 6.54 Å². The van der Waals surface area contributed by atoms with E-state index in [1.54, 1.807) is 0 Å². The minimum atomic E-state index is 0.362. The first-order valence-corrected chi connectivity index (χ1v) is 7.24. The smallest absolute Gasteiger partial charge is 0.000752 e. The van der Waals surface area contributed by atoms with Crippen molar-refractivity contribution in [2.45, 2.75) is 53.9 Å². The molecule has 0 radical (unpaired) electrons. The van der Waals surface area contributed by atoms with Crippen LogP contribution in [0.5, 0.6) is 0 Å². The first-order valence-electron chi connectivity index (χ1n) is 7.24. The normalized spacial score (nSPS) is 19.6. The van der Waals surface area contributed by atoms with Crippen molar-refractivity contribution >= 4 is 0 Å². The lowest BCUT2D eigenvalue weighted by Crippen LogP contribution is -2.40. The van der Waals surface area contributed by atoms with Crippen molar-refractivity contribution in [3.05, 3.63) is 0 Å². The molecule has 0 saturated carbocycles. The quantitative estimate of drug-likeness (QED) is 0.722. The van der Waals surface area contributed by atoms with E-state index < -0.39 is 0 Å². The van der Waals surface area contributed by atoms with Crippen LogP contribution in [-0.2, 0) is 0 Å². The molecule has 0 aromatic carbocycles. The van der Waals surface area contributed by atoms with E-state index >= 15 is 0 Å². The molecule has 0 atom stereocenters. The second kappa shape index (κ2) is 6.19. The monoisotopic (exact) mass is 240 g/mol. The zero-order chi connectivity index (χ0) is 12.9. The van der Waals surface area contributed by atoms with E-state index in [0.29, 0.717) is 10.8 Å². The Morgan fingerprint density at radius 3 is 2.18 bits per heavy atom. The van der Waals surface area contributed by atoms with Gasteiger partial charge in [0.25, 0.3) is 0 Å². The molecule has 1 aliphatic rings. The van der Waals surface area contributed by atoms with Crippen molar-refractivity contribution in [2.75, 3.05) is 26.2 Å². The Kier molecular flexibility index (Phi) is 5.46. The van der Waals surface area contributed by atoms with Crippen molar-refractivity contribution in [1.29, 1.82) is 0 Å². The maximum absolute atomic E-state index is 3.66. The molecule has 0 unspecified atom stereocenters. The Morgan fingerprint density at radius 2 is 1.65 bits per heavy atom. The van der Waals surface area contributed by atoms with E-state index in [0.717, 1.165) is 12.5 Å². The van der Waals surface area contributed by atoms with Crippen LogP contribution in [-0.4, -0.2) is 26.2 Å². The average molecular weight is 240 g/mol. The maximum Gasteiger partial charge on any atom is 0.000752 e. The highest BCUT2D eigenvalue weighted by atomic mass is 14.9. The molecule has 102 valence electrons. The Bertz CT molecular complexity index is 209. The van der Waals surface area contributed by atoms with Gasteiger partial charge in [-0.3, -0.25) is 0 Å². The van der Waals surface area contributed by atoms with Gasteiger partial charge in [0.2, 0.25) is 0 Å². The van der Waals surface area contributed by atoms with Gasteiger partial charge in [-0.1, -0.05) is 34.6 Å². The zero-order valence-corrected chi connectivity index (χ0v) is 12.5. The molecule has 2 N–H and O–H groups in total. The van der Waals surface area contributed by atoms with Crippen molar-refractivity contribution < 1.29 is 0 Å². The third-order valence-corrected chi connectivity index (χ3v) is 4.79. The number of hydrogen-bond donors (Lipinski definition) is 2. The fourth-order valence-electron chi connectivity index (χ4n) is 2.14. The van der Waals surface area contributed by atoms with Crippen LogP contribution in [0.15, 0.2) is 0 Å². The minimum Gasteiger partial charge on any atom is -0.317 e. The van der Waals surface area contributed by atoms with Gasteiger partial charge >= 0.3 is 0 Å². The molecule has 1 heterocycles. The molecule has 1 rings (SSSR count). The molecule has 1 saturated heterocycles. The molecular weight excluding hydrogens is 208 g/mol. The van der Waals surface area contributed by atoms with Crippen LogP contribution in [0.4, 0.5) is 0 Å². The van der Waals surface area contributed by atoms with Crippen molar-refractivity contribution in [3.63, 3.8) is 0 Å². The minimum absolute atomic E-state index is 0.362. The number of hydrogen-bond acceptors (Lipinski definition) is 2. The second-order valence-electron chi connectivity index (χ2n) is 7.29. The molecule has 0 aromatic heterocycles. The Hall–Kier alpha value is -0.0800. The van der Waals surface area contributed by atoms with Crippen molar-refractivity contribution in [3.8, 4) is 0 Å². The van der Waals surface area contributed by atoms with Gasteiger partial charge < -0.3 is 10.6 Å². The molecule has 17 heavy (non-hydrogen) atoms. The van der Waals surface area contributed by atoms with Crippen LogP contribution in [0, 0.1) is 16.7 Å². The van der Waals surface area contributed by atoms with Crippen LogP contribution in [0.25, 0.3) is 0 Å². The molecule has 0 spiro atoms. The first kappa shape index (κ1) is 15.0. The van der Waals surface area contributed by atoms with E-state index in [-0.39, 0.29) is 0 Å². The van der Waals surface area contributed by atoms with Crippen molar-refractivity contribution in [2.24, 2.45) is 16.7 Å². The van der Waals surface area contributed by atoms with E-state index in [9.17, 15) is 0 Å². The van der Waals surface area contributed by atoms with E-state index in [1.807, 2.05) is 0 Å². The summed E-state index contributed by atoms with van der Waals surface area (Å²) in [4.78, 5) is 0. The van der Waals surface area contributed by atoms with Gasteiger partial charge in [-0.2, -0.15) is 0 Å². The number of nitrogens with one attached hydrogen (secondary N) is 2. The fourth-order valence-corrected chi connectivity index (χ4v) is 2.14. The lowest BCUT2D eigenvalue weighted by atomic mass is 9.69. The molecule has 0 aliphatic carbocycles. The SMILES string of the molecule is CC(C)(C)C(C)(C)CNCCC1CCNCC1. The summed E-state index contributed by atoms with van der Waals surface area (Å²) in [6.07, 6.45) is 4.08. The van der Waals surface area contributed by atoms with E-state index in [4.69, 9.17) is 0 Å². The summed E-state index contributed by atoms with van der Waals surface area (Å²) < 4.78 is 0. The Balaban J connectivity index is 2.15. The molecule has 0 amide bonds. The van der Waals surface area contributed by atoms with Crippen LogP contribution in [0.3, 0.4) is 0 Å². The van der Waals surface area contributed by atoms with Crippen molar-refractivity contribution in [1.82, 2.24) is 10.6 Å².